The lowest BCUT2D eigenvalue weighted by molar-refractivity contribution is 1.10. The topological polar surface area (TPSA) is 76.5 Å². The maximum Gasteiger partial charge on any atom is 0.126 e. The Morgan fingerprint density at radius 3 is 1.49 bits per heavy atom. The Balaban J connectivity index is 1.08. The number of pyridine rings is 3. The van der Waals surface area contributed by atoms with Gasteiger partial charge in [-0.25, -0.2) is 9.97 Å². The molecule has 1 aliphatic heterocycles. The van der Waals surface area contributed by atoms with Gasteiger partial charge in [0, 0.05) is 81.1 Å². The molecule has 0 aliphatic carbocycles. The molecule has 9 heteroatoms. The molecule has 6 nitrogen and oxygen atoms in total. The molecule has 0 saturated heterocycles. The van der Waals surface area contributed by atoms with Crippen LogP contribution in [0.5, 0.6) is 0 Å². The van der Waals surface area contributed by atoms with Crippen molar-refractivity contribution >= 4 is 60.6 Å². The number of rotatable bonds is 6. The van der Waals surface area contributed by atoms with Gasteiger partial charge in [-0.15, -0.1) is 22.7 Å². The fraction of sp³-hybridized carbons (Fsp3) is 0.0238. The van der Waals surface area contributed by atoms with Crippen molar-refractivity contribution < 1.29 is 0 Å². The average Bonchev–Trinajstić information content (AvgIpc) is 3.95. The SMILES string of the molecule is c1ccc2c(c1)NC(c1cncc(-c3cc(-c4cncc(-c5nc6ccccc6s5)c4)cc(-c4cncc(-c5nc6ccccc6s5)c4)c3)c1)S2. The Morgan fingerprint density at radius 1 is 0.451 bits per heavy atom. The van der Waals surface area contributed by atoms with Gasteiger partial charge in [0.1, 0.15) is 15.4 Å². The monoisotopic (exact) mass is 710 g/mol. The lowest BCUT2D eigenvalue weighted by Crippen LogP contribution is -2.02. The van der Waals surface area contributed by atoms with E-state index in [1.165, 1.54) is 4.90 Å². The number of nitrogens with one attached hydrogen (secondary N) is 1. The Bertz CT molecular complexity index is 2530. The summed E-state index contributed by atoms with van der Waals surface area (Å²) < 4.78 is 2.32. The van der Waals surface area contributed by atoms with Gasteiger partial charge in [0.05, 0.1) is 20.4 Å². The third-order valence-corrected chi connectivity index (χ3v) is 12.4. The molecule has 1 N–H and O–H groups in total. The van der Waals surface area contributed by atoms with Crippen LogP contribution in [-0.4, -0.2) is 24.9 Å². The van der Waals surface area contributed by atoms with E-state index in [-0.39, 0.29) is 5.37 Å². The van der Waals surface area contributed by atoms with Gasteiger partial charge < -0.3 is 5.32 Å². The number of hydrogen-bond donors (Lipinski definition) is 1. The van der Waals surface area contributed by atoms with E-state index in [2.05, 4.69) is 102 Å². The average molecular weight is 711 g/mol. The van der Waals surface area contributed by atoms with Crippen molar-refractivity contribution in [2.45, 2.75) is 10.3 Å². The lowest BCUT2D eigenvalue weighted by Gasteiger charge is -2.14. The fourth-order valence-corrected chi connectivity index (χ4v) is 9.45. The molecule has 51 heavy (non-hydrogen) atoms. The van der Waals surface area contributed by atoms with Crippen LogP contribution in [0.1, 0.15) is 10.9 Å². The highest BCUT2D eigenvalue weighted by Gasteiger charge is 2.23. The van der Waals surface area contributed by atoms with E-state index in [4.69, 9.17) is 24.9 Å². The van der Waals surface area contributed by atoms with Crippen LogP contribution in [0.4, 0.5) is 5.69 Å². The Hall–Kier alpha value is -5.74. The number of nitrogens with zero attached hydrogens (tertiary/aromatic N) is 5. The Kier molecular flexibility index (Phi) is 7.41. The fourth-order valence-electron chi connectivity index (χ4n) is 6.45. The van der Waals surface area contributed by atoms with Crippen molar-refractivity contribution in [3.8, 4) is 54.5 Å². The highest BCUT2D eigenvalue weighted by atomic mass is 32.2. The van der Waals surface area contributed by atoms with Gasteiger partial charge in [-0.05, 0) is 89.5 Å². The molecule has 0 saturated carbocycles. The second-order valence-corrected chi connectivity index (χ2v) is 15.6. The summed E-state index contributed by atoms with van der Waals surface area (Å²) in [7, 11) is 0. The molecule has 0 radical (unpaired) electrons. The zero-order valence-corrected chi connectivity index (χ0v) is 29.3. The molecule has 242 valence electrons. The van der Waals surface area contributed by atoms with E-state index in [9.17, 15) is 0 Å². The summed E-state index contributed by atoms with van der Waals surface area (Å²) in [4.78, 5) is 25.2. The van der Waals surface area contributed by atoms with Crippen LogP contribution in [0, 0.1) is 0 Å². The summed E-state index contributed by atoms with van der Waals surface area (Å²) in [6.07, 6.45) is 11.6. The molecule has 1 atom stereocenters. The molecule has 1 aliphatic rings. The van der Waals surface area contributed by atoms with E-state index < -0.39 is 0 Å². The van der Waals surface area contributed by atoms with Crippen LogP contribution in [0.3, 0.4) is 0 Å². The van der Waals surface area contributed by atoms with E-state index in [0.717, 1.165) is 86.2 Å². The minimum Gasteiger partial charge on any atom is -0.368 e. The third kappa shape index (κ3) is 5.75. The highest BCUT2D eigenvalue weighted by Crippen LogP contribution is 2.47. The standard InChI is InChI=1S/C42H26N6S3/c1-4-10-37-34(7-1)46-40(49-37)31-16-28(19-43-22-31)25-13-26(29-17-32(23-44-20-29)41-47-35-8-2-5-11-38(35)50-41)15-27(14-25)30-18-33(24-45-21-30)42-48-36-9-3-6-12-39(36)51-42/h1-24,40,46H. The molecule has 6 heterocycles. The minimum atomic E-state index is 0.0851. The predicted octanol–water partition coefficient (Wildman–Crippen LogP) is 11.6. The van der Waals surface area contributed by atoms with Crippen LogP contribution < -0.4 is 5.32 Å². The van der Waals surface area contributed by atoms with Crippen molar-refractivity contribution in [2.24, 2.45) is 0 Å². The molecular formula is C42H26N6S3. The zero-order chi connectivity index (χ0) is 33.7. The van der Waals surface area contributed by atoms with E-state index >= 15 is 0 Å². The van der Waals surface area contributed by atoms with Crippen molar-refractivity contribution in [2.75, 3.05) is 5.32 Å². The lowest BCUT2D eigenvalue weighted by atomic mass is 9.94. The summed E-state index contributed by atoms with van der Waals surface area (Å²) in [5, 5.41) is 5.65. The molecule has 0 spiro atoms. The van der Waals surface area contributed by atoms with Gasteiger partial charge in [-0.2, -0.15) is 0 Å². The summed E-state index contributed by atoms with van der Waals surface area (Å²) in [6, 6.07) is 38.2. The Labute approximate surface area is 306 Å². The summed E-state index contributed by atoms with van der Waals surface area (Å²) in [5.41, 5.74) is 12.5. The number of benzene rings is 4. The molecule has 0 amide bonds. The maximum atomic E-state index is 4.91. The van der Waals surface area contributed by atoms with E-state index in [0.29, 0.717) is 0 Å². The number of para-hydroxylation sites is 3. The minimum absolute atomic E-state index is 0.0851. The molecule has 10 rings (SSSR count). The number of thiazole rings is 2. The zero-order valence-electron chi connectivity index (χ0n) is 26.9. The summed E-state index contributed by atoms with van der Waals surface area (Å²) in [5.74, 6) is 0. The molecule has 0 bridgehead atoms. The molecule has 5 aromatic heterocycles. The van der Waals surface area contributed by atoms with Gasteiger partial charge in [-0.1, -0.05) is 48.2 Å². The third-order valence-electron chi connectivity index (χ3n) is 8.97. The first-order valence-corrected chi connectivity index (χ1v) is 19.0. The van der Waals surface area contributed by atoms with Crippen molar-refractivity contribution in [1.29, 1.82) is 0 Å². The summed E-state index contributed by atoms with van der Waals surface area (Å²) in [6.45, 7) is 0. The largest absolute Gasteiger partial charge is 0.368 e. The number of anilines is 1. The molecule has 4 aromatic carbocycles. The number of hydrogen-bond acceptors (Lipinski definition) is 9. The van der Waals surface area contributed by atoms with Crippen LogP contribution >= 0.6 is 34.4 Å². The number of thioether (sulfide) groups is 1. The quantitative estimate of drug-likeness (QED) is 0.184. The molecule has 1 unspecified atom stereocenters. The normalized spacial score (nSPS) is 13.8. The van der Waals surface area contributed by atoms with Gasteiger partial charge >= 0.3 is 0 Å². The first kappa shape index (κ1) is 30.1. The van der Waals surface area contributed by atoms with Gasteiger partial charge in [0.25, 0.3) is 0 Å². The van der Waals surface area contributed by atoms with Crippen molar-refractivity contribution in [3.63, 3.8) is 0 Å². The maximum absolute atomic E-state index is 4.91. The van der Waals surface area contributed by atoms with Gasteiger partial charge in [0.15, 0.2) is 0 Å². The molecule has 0 fully saturated rings. The molecule has 9 aromatic rings. The van der Waals surface area contributed by atoms with Gasteiger partial charge in [0.2, 0.25) is 0 Å². The first-order chi connectivity index (χ1) is 25.2. The van der Waals surface area contributed by atoms with Crippen LogP contribution in [-0.2, 0) is 0 Å². The van der Waals surface area contributed by atoms with Crippen LogP contribution in [0.2, 0.25) is 0 Å². The number of fused-ring (bicyclic) bond motifs is 3. The van der Waals surface area contributed by atoms with Crippen LogP contribution in [0.15, 0.2) is 151 Å². The van der Waals surface area contributed by atoms with Gasteiger partial charge in [-0.3, -0.25) is 15.0 Å². The van der Waals surface area contributed by atoms with Crippen LogP contribution in [0.25, 0.3) is 75.0 Å². The predicted molar refractivity (Wildman–Crippen MR) is 212 cm³/mol. The van der Waals surface area contributed by atoms with E-state index in [1.807, 2.05) is 61.1 Å². The van der Waals surface area contributed by atoms with Crippen molar-refractivity contribution in [3.05, 3.63) is 152 Å². The summed E-state index contributed by atoms with van der Waals surface area (Å²) >= 11 is 5.18. The first-order valence-electron chi connectivity index (χ1n) is 16.5. The van der Waals surface area contributed by atoms with Crippen molar-refractivity contribution in [1.82, 2.24) is 24.9 Å². The second kappa shape index (κ2) is 12.5. The molecular weight excluding hydrogens is 685 g/mol. The number of aromatic nitrogens is 5. The smallest absolute Gasteiger partial charge is 0.126 e. The van der Waals surface area contributed by atoms with E-state index in [1.54, 1.807) is 22.7 Å². The second-order valence-electron chi connectivity index (χ2n) is 12.3. The highest BCUT2D eigenvalue weighted by molar-refractivity contribution is 8.00. The Morgan fingerprint density at radius 2 is 0.922 bits per heavy atom.